The molecule has 5 heteroatoms. The van der Waals surface area contributed by atoms with Crippen molar-refractivity contribution < 1.29 is 9.15 Å². The third kappa shape index (κ3) is 3.98. The molecule has 0 amide bonds. The summed E-state index contributed by atoms with van der Waals surface area (Å²) in [5, 5.41) is 4.97. The van der Waals surface area contributed by atoms with Gasteiger partial charge in [0.1, 0.15) is 5.76 Å². The van der Waals surface area contributed by atoms with Gasteiger partial charge in [0.05, 0.1) is 25.1 Å². The molecular formula is C20H29N3O2. The highest BCUT2D eigenvalue weighted by atomic mass is 16.5. The maximum atomic E-state index is 5.76. The average molecular weight is 343 g/mol. The molecule has 0 spiro atoms. The van der Waals surface area contributed by atoms with Crippen LogP contribution in [0.3, 0.4) is 0 Å². The maximum Gasteiger partial charge on any atom is 0.117 e. The first-order chi connectivity index (χ1) is 12.3. The first-order valence-electron chi connectivity index (χ1n) is 9.70. The van der Waals surface area contributed by atoms with Crippen LogP contribution < -0.4 is 0 Å². The van der Waals surface area contributed by atoms with Crippen LogP contribution >= 0.6 is 0 Å². The van der Waals surface area contributed by atoms with Crippen molar-refractivity contribution >= 4 is 0 Å². The Morgan fingerprint density at radius 3 is 2.96 bits per heavy atom. The van der Waals surface area contributed by atoms with Crippen LogP contribution in [0.1, 0.15) is 55.5 Å². The standard InChI is InChI=1S/C20H29N3O2/c1-2-24-15-18-12-22(14-19-8-5-9-25-19)11-17-13-23(21-20(17)18)10-16-6-3-4-7-16/h5,8-9,13,16,18H,2-4,6-7,10-12,14-15H2,1H3. The second-order valence-corrected chi connectivity index (χ2v) is 7.52. The van der Waals surface area contributed by atoms with Gasteiger partial charge in [0.25, 0.3) is 0 Å². The van der Waals surface area contributed by atoms with Crippen molar-refractivity contribution in [2.75, 3.05) is 19.8 Å². The molecule has 1 aliphatic carbocycles. The van der Waals surface area contributed by atoms with Crippen LogP contribution in [0.15, 0.2) is 29.0 Å². The molecule has 0 N–H and O–H groups in total. The summed E-state index contributed by atoms with van der Waals surface area (Å²) in [6.07, 6.45) is 9.52. The molecule has 2 aromatic rings. The Morgan fingerprint density at radius 1 is 1.32 bits per heavy atom. The minimum absolute atomic E-state index is 0.350. The fourth-order valence-electron chi connectivity index (χ4n) is 4.33. The Labute approximate surface area is 149 Å². The minimum Gasteiger partial charge on any atom is -0.468 e. The second kappa shape index (κ2) is 7.75. The molecule has 0 aromatic carbocycles. The van der Waals surface area contributed by atoms with Gasteiger partial charge in [0.15, 0.2) is 0 Å². The summed E-state index contributed by atoms with van der Waals surface area (Å²) in [6.45, 7) is 7.42. The largest absolute Gasteiger partial charge is 0.468 e. The number of nitrogens with zero attached hydrogens (tertiary/aromatic N) is 3. The number of hydrogen-bond donors (Lipinski definition) is 0. The molecule has 3 heterocycles. The van der Waals surface area contributed by atoms with Gasteiger partial charge >= 0.3 is 0 Å². The van der Waals surface area contributed by atoms with E-state index in [0.717, 1.165) is 51.1 Å². The van der Waals surface area contributed by atoms with Gasteiger partial charge in [-0.15, -0.1) is 0 Å². The van der Waals surface area contributed by atoms with Crippen LogP contribution in [0.2, 0.25) is 0 Å². The molecule has 1 saturated carbocycles. The zero-order chi connectivity index (χ0) is 17.1. The molecule has 2 aromatic heterocycles. The first kappa shape index (κ1) is 16.9. The molecule has 0 saturated heterocycles. The fraction of sp³-hybridized carbons (Fsp3) is 0.650. The second-order valence-electron chi connectivity index (χ2n) is 7.52. The van der Waals surface area contributed by atoms with E-state index >= 15 is 0 Å². The average Bonchev–Trinajstić information content (AvgIpc) is 3.34. The third-order valence-electron chi connectivity index (χ3n) is 5.53. The summed E-state index contributed by atoms with van der Waals surface area (Å²) >= 11 is 0. The number of ether oxygens (including phenoxy) is 1. The van der Waals surface area contributed by atoms with Crippen LogP contribution in [0.5, 0.6) is 0 Å². The Balaban J connectivity index is 1.50. The lowest BCUT2D eigenvalue weighted by molar-refractivity contribution is 0.101. The van der Waals surface area contributed by atoms with E-state index in [1.807, 2.05) is 6.07 Å². The van der Waals surface area contributed by atoms with Gasteiger partial charge in [-0.1, -0.05) is 12.8 Å². The number of fused-ring (bicyclic) bond motifs is 1. The van der Waals surface area contributed by atoms with E-state index in [1.54, 1.807) is 6.26 Å². The molecule has 25 heavy (non-hydrogen) atoms. The zero-order valence-corrected chi connectivity index (χ0v) is 15.2. The minimum atomic E-state index is 0.350. The van der Waals surface area contributed by atoms with Crippen molar-refractivity contribution in [3.8, 4) is 0 Å². The quantitative estimate of drug-likeness (QED) is 0.767. The van der Waals surface area contributed by atoms with Crippen LogP contribution in [-0.2, 0) is 24.4 Å². The van der Waals surface area contributed by atoms with Gasteiger partial charge in [-0.3, -0.25) is 9.58 Å². The summed E-state index contributed by atoms with van der Waals surface area (Å²) in [5.74, 6) is 2.19. The van der Waals surface area contributed by atoms with E-state index in [4.69, 9.17) is 14.3 Å². The van der Waals surface area contributed by atoms with Crippen molar-refractivity contribution in [2.24, 2.45) is 5.92 Å². The Bertz CT molecular complexity index is 659. The molecule has 1 unspecified atom stereocenters. The summed E-state index contributed by atoms with van der Waals surface area (Å²) in [7, 11) is 0. The molecular weight excluding hydrogens is 314 g/mol. The predicted molar refractivity (Wildman–Crippen MR) is 96.2 cm³/mol. The Kier molecular flexibility index (Phi) is 5.22. The van der Waals surface area contributed by atoms with Gasteiger partial charge in [-0.25, -0.2) is 0 Å². The molecule has 1 atom stereocenters. The van der Waals surface area contributed by atoms with Gasteiger partial charge in [0.2, 0.25) is 0 Å². The van der Waals surface area contributed by atoms with Gasteiger partial charge in [-0.2, -0.15) is 5.10 Å². The first-order valence-corrected chi connectivity index (χ1v) is 9.70. The smallest absolute Gasteiger partial charge is 0.117 e. The highest BCUT2D eigenvalue weighted by Gasteiger charge is 2.29. The molecule has 1 fully saturated rings. The highest BCUT2D eigenvalue weighted by molar-refractivity contribution is 5.25. The number of rotatable bonds is 7. The number of furan rings is 1. The summed E-state index contributed by atoms with van der Waals surface area (Å²) in [4.78, 5) is 2.45. The van der Waals surface area contributed by atoms with Crippen molar-refractivity contribution in [3.05, 3.63) is 41.6 Å². The van der Waals surface area contributed by atoms with Crippen LogP contribution in [-0.4, -0.2) is 34.4 Å². The van der Waals surface area contributed by atoms with Gasteiger partial charge < -0.3 is 9.15 Å². The van der Waals surface area contributed by atoms with E-state index < -0.39 is 0 Å². The molecule has 4 rings (SSSR count). The van der Waals surface area contributed by atoms with Crippen LogP contribution in [0.25, 0.3) is 0 Å². The van der Waals surface area contributed by atoms with Gasteiger partial charge in [0, 0.05) is 43.9 Å². The van der Waals surface area contributed by atoms with Crippen molar-refractivity contribution in [1.82, 2.24) is 14.7 Å². The summed E-state index contributed by atoms with van der Waals surface area (Å²) in [6, 6.07) is 4.01. The van der Waals surface area contributed by atoms with E-state index in [0.29, 0.717) is 5.92 Å². The Hall–Kier alpha value is -1.59. The lowest BCUT2D eigenvalue weighted by Crippen LogP contribution is -2.34. The van der Waals surface area contributed by atoms with E-state index in [-0.39, 0.29) is 0 Å². The van der Waals surface area contributed by atoms with Crippen molar-refractivity contribution in [3.63, 3.8) is 0 Å². The third-order valence-corrected chi connectivity index (χ3v) is 5.53. The summed E-state index contributed by atoms with van der Waals surface area (Å²) in [5.41, 5.74) is 2.61. The van der Waals surface area contributed by atoms with E-state index in [2.05, 4.69) is 28.8 Å². The molecule has 136 valence electrons. The molecule has 5 nitrogen and oxygen atoms in total. The highest BCUT2D eigenvalue weighted by Crippen LogP contribution is 2.31. The molecule has 0 bridgehead atoms. The van der Waals surface area contributed by atoms with Crippen molar-refractivity contribution in [2.45, 2.75) is 58.2 Å². The zero-order valence-electron chi connectivity index (χ0n) is 15.2. The Morgan fingerprint density at radius 2 is 2.20 bits per heavy atom. The SMILES string of the molecule is CCOCC1CN(Cc2ccco2)Cc2cn(CC3CCCC3)nc21. The lowest BCUT2D eigenvalue weighted by Gasteiger charge is -2.31. The van der Waals surface area contributed by atoms with Crippen LogP contribution in [0.4, 0.5) is 0 Å². The van der Waals surface area contributed by atoms with E-state index in [9.17, 15) is 0 Å². The number of aromatic nitrogens is 2. The number of hydrogen-bond acceptors (Lipinski definition) is 4. The normalized spacial score (nSPS) is 21.7. The molecule has 1 aliphatic heterocycles. The van der Waals surface area contributed by atoms with Crippen LogP contribution in [0, 0.1) is 5.92 Å². The fourth-order valence-corrected chi connectivity index (χ4v) is 4.33. The molecule has 0 radical (unpaired) electrons. The lowest BCUT2D eigenvalue weighted by atomic mass is 9.97. The maximum absolute atomic E-state index is 5.76. The van der Waals surface area contributed by atoms with E-state index in [1.165, 1.54) is 36.9 Å². The van der Waals surface area contributed by atoms with Crippen molar-refractivity contribution in [1.29, 1.82) is 0 Å². The molecule has 2 aliphatic rings. The monoisotopic (exact) mass is 343 g/mol. The topological polar surface area (TPSA) is 43.4 Å². The predicted octanol–water partition coefficient (Wildman–Crippen LogP) is 3.80. The van der Waals surface area contributed by atoms with Gasteiger partial charge in [-0.05, 0) is 37.8 Å². The summed E-state index contributed by atoms with van der Waals surface area (Å²) < 4.78 is 13.5.